The third kappa shape index (κ3) is 7.35. The van der Waals surface area contributed by atoms with E-state index in [9.17, 15) is 0 Å². The molecule has 0 bridgehead atoms. The van der Waals surface area contributed by atoms with Crippen LogP contribution in [-0.2, 0) is 5.21 Å². The van der Waals surface area contributed by atoms with E-state index in [0.29, 0.717) is 49.4 Å². The first kappa shape index (κ1) is 45.6. The maximum atomic E-state index is 7.12. The largest absolute Gasteiger partial charge is 0.297 e. The van der Waals surface area contributed by atoms with Crippen molar-refractivity contribution in [2.24, 2.45) is 0 Å². The molecule has 0 N–H and O–H groups in total. The van der Waals surface area contributed by atoms with E-state index in [1.54, 1.807) is 4.57 Å². The first-order chi connectivity index (χ1) is 32.5. The molecule has 0 fully saturated rings. The molecule has 0 saturated heterocycles. The zero-order valence-electron chi connectivity index (χ0n) is 36.8. The summed E-state index contributed by atoms with van der Waals surface area (Å²) in [4.78, 5) is 4.70. The number of rotatable bonds is 8. The fourth-order valence-corrected chi connectivity index (χ4v) is 9.28. The van der Waals surface area contributed by atoms with Crippen molar-refractivity contribution < 1.29 is 0 Å². The van der Waals surface area contributed by atoms with Crippen LogP contribution in [0.15, 0.2) is 152 Å². The van der Waals surface area contributed by atoms with Crippen molar-refractivity contribution in [1.82, 2.24) is 9.55 Å². The summed E-state index contributed by atoms with van der Waals surface area (Å²) in [6.45, 7) is 0. The van der Waals surface area contributed by atoms with Crippen LogP contribution >= 0.6 is 0 Å². The number of hydrogen-bond donors (Lipinski definition) is 0. The van der Waals surface area contributed by atoms with Crippen LogP contribution in [0, 0.1) is 0 Å². The molecular formula is C53H25B13N2. The molecular weight excluding hydrogens is 805 g/mol. The lowest BCUT2D eigenvalue weighted by molar-refractivity contribution is 0.757. The fourth-order valence-electron chi connectivity index (χ4n) is 9.28. The molecule has 0 aliphatic carbocycles. The molecule has 0 atom stereocenters. The van der Waals surface area contributed by atoms with E-state index in [4.69, 9.17) is 107 Å². The van der Waals surface area contributed by atoms with Gasteiger partial charge in [0.25, 0.3) is 0 Å². The molecule has 0 amide bonds. The summed E-state index contributed by atoms with van der Waals surface area (Å²) in [6, 6.07) is 49.6. The molecule has 9 aromatic carbocycles. The van der Waals surface area contributed by atoms with Gasteiger partial charge in [-0.3, -0.25) is 4.57 Å². The Morgan fingerprint density at radius 2 is 0.691 bits per heavy atom. The Kier molecular flexibility index (Phi) is 11.5. The van der Waals surface area contributed by atoms with Crippen molar-refractivity contribution in [3.63, 3.8) is 0 Å². The second-order valence-corrected chi connectivity index (χ2v) is 17.3. The Labute approximate surface area is 414 Å². The van der Waals surface area contributed by atoms with Crippen molar-refractivity contribution in [2.45, 2.75) is 10.3 Å². The first-order valence-electron chi connectivity index (χ1n) is 21.6. The van der Waals surface area contributed by atoms with Gasteiger partial charge in [-0.05, 0) is 120 Å². The average Bonchev–Trinajstić information content (AvgIpc) is 3.76. The fraction of sp³-hybridized carbons (Fsp3) is 0.0377. The second-order valence-electron chi connectivity index (χ2n) is 17.3. The van der Waals surface area contributed by atoms with E-state index in [-0.39, 0.29) is 49.5 Å². The molecule has 68 heavy (non-hydrogen) atoms. The van der Waals surface area contributed by atoms with Gasteiger partial charge in [0.05, 0.1) is 50.3 Å². The predicted octanol–water partition coefficient (Wildman–Crippen LogP) is 2.09. The monoisotopic (exact) mass is 832 g/mol. The lowest BCUT2D eigenvalue weighted by Crippen LogP contribution is -2.50. The zero-order valence-corrected chi connectivity index (χ0v) is 36.8. The number of fused-ring (bicyclic) bond motifs is 3. The van der Waals surface area contributed by atoms with Crippen LogP contribution in [0.4, 0.5) is 0 Å². The zero-order chi connectivity index (χ0) is 48.0. The van der Waals surface area contributed by atoms with Crippen LogP contribution in [0.1, 0.15) is 5.82 Å². The molecule has 10 rings (SSSR count). The van der Waals surface area contributed by atoms with Crippen molar-refractivity contribution in [3.05, 3.63) is 157 Å². The van der Waals surface area contributed by atoms with E-state index in [0.717, 1.165) is 44.5 Å². The molecule has 26 radical (unpaired) electrons. The minimum atomic E-state index is -1.99. The quantitative estimate of drug-likeness (QED) is 0.170. The molecule has 286 valence electrons. The Balaban J connectivity index is 1.20. The Morgan fingerprint density at radius 3 is 1.13 bits per heavy atom. The summed E-state index contributed by atoms with van der Waals surface area (Å²) >= 11 is 0. The molecule has 0 spiro atoms. The summed E-state index contributed by atoms with van der Waals surface area (Å²) < 4.78 is 1.80. The van der Waals surface area contributed by atoms with E-state index >= 15 is 0 Å². The maximum absolute atomic E-state index is 7.12. The molecule has 0 unspecified atom stereocenters. The van der Waals surface area contributed by atoms with E-state index in [1.165, 1.54) is 0 Å². The normalized spacial score (nSPS) is 12.0. The van der Waals surface area contributed by atoms with Crippen molar-refractivity contribution >= 4 is 178 Å². The van der Waals surface area contributed by atoms with Gasteiger partial charge in [-0.1, -0.05) is 136 Å². The van der Waals surface area contributed by atoms with Gasteiger partial charge in [-0.15, -0.1) is 27.0 Å². The number of benzene rings is 9. The summed E-state index contributed by atoms with van der Waals surface area (Å²) in [5.41, 5.74) is 11.8. The summed E-state index contributed by atoms with van der Waals surface area (Å²) in [5.74, 6) is 0.193. The minimum absolute atomic E-state index is 0.127. The molecule has 10 aromatic rings. The number of nitrogens with zero attached hydrogens (tertiary/aromatic N) is 2. The summed E-state index contributed by atoms with van der Waals surface area (Å²) in [6.07, 6.45) is 0. The topological polar surface area (TPSA) is 17.8 Å². The van der Waals surface area contributed by atoms with E-state index in [2.05, 4.69) is 42.5 Å². The molecule has 2 nitrogen and oxygen atoms in total. The van der Waals surface area contributed by atoms with Crippen LogP contribution in [0.2, 0.25) is 5.11 Å². The molecule has 0 aliphatic heterocycles. The highest BCUT2D eigenvalue weighted by Crippen LogP contribution is 2.44. The van der Waals surface area contributed by atoms with Crippen LogP contribution < -0.4 is 43.7 Å². The van der Waals surface area contributed by atoms with Crippen molar-refractivity contribution in [3.8, 4) is 61.3 Å². The number of imidazole rings is 1. The highest BCUT2D eigenvalue weighted by Gasteiger charge is 2.36. The predicted molar refractivity (Wildman–Crippen MR) is 300 cm³/mol. The van der Waals surface area contributed by atoms with Crippen LogP contribution in [0.5, 0.6) is 0 Å². The number of hydrogen-bond acceptors (Lipinski definition) is 1. The van der Waals surface area contributed by atoms with Gasteiger partial charge in [0.2, 0.25) is 0 Å². The lowest BCUT2D eigenvalue weighted by atomic mass is 9.23. The molecule has 0 saturated carbocycles. The highest BCUT2D eigenvalue weighted by atomic mass is 15.1. The van der Waals surface area contributed by atoms with Crippen molar-refractivity contribution in [1.29, 1.82) is 0 Å². The van der Waals surface area contributed by atoms with Crippen molar-refractivity contribution in [2.75, 3.05) is 0 Å². The smallest absolute Gasteiger partial charge is 0.113 e. The standard InChI is InChI=1S/C53H25B13N2/c54-43-39-37(30-17-15-28(16-18-30)29-19-21-34(22-20-29)68-36-14-8-7-13-35(36)67-51(68)52(62,63)53(64,65)66)40-42(46(57)50(61)48(59)44(40)55)38(41(39)45(56)49(60)47(43)58)33-24-31(26-9-3-1-4-10-26)23-32(25-33)27-11-5-2-6-12-27/h1-25H. The Morgan fingerprint density at radius 1 is 0.338 bits per heavy atom. The lowest BCUT2D eigenvalue weighted by Gasteiger charge is -2.41. The first-order valence-corrected chi connectivity index (χ1v) is 21.6. The van der Waals surface area contributed by atoms with Gasteiger partial charge in [-0.2, -0.15) is 0 Å². The Bertz CT molecular complexity index is 3500. The van der Waals surface area contributed by atoms with Gasteiger partial charge in [0, 0.05) is 5.69 Å². The minimum Gasteiger partial charge on any atom is -0.297 e. The van der Waals surface area contributed by atoms with Crippen LogP contribution in [0.25, 0.3) is 93.9 Å². The van der Waals surface area contributed by atoms with Gasteiger partial charge in [0.15, 0.2) is 0 Å². The third-order valence-electron chi connectivity index (χ3n) is 13.0. The van der Waals surface area contributed by atoms with Gasteiger partial charge in [-0.25, -0.2) is 4.98 Å². The molecule has 1 heterocycles. The summed E-state index contributed by atoms with van der Waals surface area (Å²) in [7, 11) is 86.6. The van der Waals surface area contributed by atoms with Gasteiger partial charge >= 0.3 is 0 Å². The van der Waals surface area contributed by atoms with Gasteiger partial charge in [0.1, 0.15) is 68.6 Å². The number of aromatic nitrogens is 2. The SMILES string of the molecule is [B]c1c([B])c([B])c2c(-c3cc(-c4ccccc4)cc(-c4ccccc4)c3)c3c([B])c([B])c([B])c([B])c3c(-c3ccc(-c4ccc(-n5c(C([B])([B])C([B])([B])[B])nc6ccccc65)cc4)cc3)c2c1[B]. The highest BCUT2D eigenvalue weighted by molar-refractivity contribution is 6.71. The van der Waals surface area contributed by atoms with Crippen LogP contribution in [-0.4, -0.2) is 112 Å². The average molecular weight is 830 g/mol. The van der Waals surface area contributed by atoms with Gasteiger partial charge < -0.3 is 0 Å². The Hall–Kier alpha value is -6.19. The second kappa shape index (κ2) is 17.1. The third-order valence-corrected chi connectivity index (χ3v) is 13.0. The maximum Gasteiger partial charge on any atom is 0.113 e. The number of para-hydroxylation sites is 2. The molecule has 1 aromatic heterocycles. The van der Waals surface area contributed by atoms with E-state index in [1.807, 2.05) is 109 Å². The molecule has 0 aliphatic rings. The van der Waals surface area contributed by atoms with Crippen LogP contribution in [0.3, 0.4) is 0 Å². The van der Waals surface area contributed by atoms with E-state index < -0.39 is 10.3 Å². The molecule has 15 heteroatoms. The summed E-state index contributed by atoms with van der Waals surface area (Å²) in [5, 5.41) is -1.81.